The maximum Gasteiger partial charge on any atom is 0.184 e. The van der Waals surface area contributed by atoms with Gasteiger partial charge in [0, 0.05) is 22.6 Å². The van der Waals surface area contributed by atoms with Gasteiger partial charge in [-0.3, -0.25) is 4.79 Å². The average molecular weight is 359 g/mol. The third-order valence-corrected chi connectivity index (χ3v) is 4.92. The van der Waals surface area contributed by atoms with E-state index in [-0.39, 0.29) is 18.9 Å². The van der Waals surface area contributed by atoms with Crippen molar-refractivity contribution in [3.8, 4) is 5.69 Å². The van der Waals surface area contributed by atoms with Crippen molar-refractivity contribution in [2.45, 2.75) is 27.0 Å². The number of ketones is 1. The Hall–Kier alpha value is -3.18. The molecule has 0 saturated heterocycles. The van der Waals surface area contributed by atoms with Gasteiger partial charge in [0.15, 0.2) is 5.78 Å². The van der Waals surface area contributed by atoms with Gasteiger partial charge >= 0.3 is 0 Å². The summed E-state index contributed by atoms with van der Waals surface area (Å²) in [5, 5.41) is 9.66. The first-order chi connectivity index (χ1) is 13.1. The molecular formula is C22H21N3O2. The minimum Gasteiger partial charge on any atom is -0.388 e. The van der Waals surface area contributed by atoms with Gasteiger partial charge in [0.25, 0.3) is 0 Å². The predicted octanol–water partition coefficient (Wildman–Crippen LogP) is 3.82. The molecule has 0 saturated carbocycles. The van der Waals surface area contributed by atoms with Crippen LogP contribution in [0.4, 0.5) is 0 Å². The maximum atomic E-state index is 13.1. The van der Waals surface area contributed by atoms with E-state index in [0.717, 1.165) is 28.1 Å². The Morgan fingerprint density at radius 3 is 2.48 bits per heavy atom. The first-order valence-electron chi connectivity index (χ1n) is 8.92. The van der Waals surface area contributed by atoms with Crippen LogP contribution in [0.5, 0.6) is 0 Å². The molecule has 0 amide bonds. The molecule has 2 aromatic heterocycles. The van der Waals surface area contributed by atoms with Crippen molar-refractivity contribution >= 4 is 16.8 Å². The first kappa shape index (κ1) is 17.2. The summed E-state index contributed by atoms with van der Waals surface area (Å²) < 4.78 is 3.89. The second-order valence-electron chi connectivity index (χ2n) is 6.64. The summed E-state index contributed by atoms with van der Waals surface area (Å²) in [4.78, 5) is 17.5. The lowest BCUT2D eigenvalue weighted by Gasteiger charge is -2.10. The number of para-hydroxylation sites is 3. The average Bonchev–Trinajstić information content (AvgIpc) is 3.19. The van der Waals surface area contributed by atoms with E-state index < -0.39 is 0 Å². The van der Waals surface area contributed by atoms with Crippen molar-refractivity contribution in [2.75, 3.05) is 0 Å². The summed E-state index contributed by atoms with van der Waals surface area (Å²) in [6.07, 6.45) is 0. The molecule has 0 spiro atoms. The predicted molar refractivity (Wildman–Crippen MR) is 105 cm³/mol. The summed E-state index contributed by atoms with van der Waals surface area (Å²) in [7, 11) is 0. The van der Waals surface area contributed by atoms with E-state index >= 15 is 0 Å². The van der Waals surface area contributed by atoms with Gasteiger partial charge in [-0.05, 0) is 44.2 Å². The van der Waals surface area contributed by atoms with Crippen molar-refractivity contribution in [1.82, 2.24) is 14.1 Å². The highest BCUT2D eigenvalue weighted by Crippen LogP contribution is 2.23. The number of benzene rings is 2. The van der Waals surface area contributed by atoms with E-state index in [2.05, 4.69) is 9.55 Å². The van der Waals surface area contributed by atoms with E-state index in [1.807, 2.05) is 74.5 Å². The van der Waals surface area contributed by atoms with Crippen molar-refractivity contribution in [3.05, 3.63) is 83.4 Å². The van der Waals surface area contributed by atoms with Crippen molar-refractivity contribution in [2.24, 2.45) is 0 Å². The fourth-order valence-corrected chi connectivity index (χ4v) is 3.67. The SMILES string of the molecule is Cc1cc(C(=O)Cn2c(CO)nc3ccccc32)c(C)n1-c1ccccc1. The van der Waals surface area contributed by atoms with E-state index in [4.69, 9.17) is 0 Å². The zero-order valence-corrected chi connectivity index (χ0v) is 15.4. The van der Waals surface area contributed by atoms with Gasteiger partial charge in [-0.15, -0.1) is 0 Å². The summed E-state index contributed by atoms with van der Waals surface area (Å²) in [5.74, 6) is 0.504. The number of rotatable bonds is 5. The van der Waals surface area contributed by atoms with Crippen LogP contribution in [0, 0.1) is 13.8 Å². The Balaban J connectivity index is 1.73. The van der Waals surface area contributed by atoms with E-state index in [0.29, 0.717) is 11.4 Å². The number of carbonyl (C=O) groups excluding carboxylic acids is 1. The molecule has 4 aromatic rings. The molecule has 2 aromatic carbocycles. The Morgan fingerprint density at radius 2 is 1.74 bits per heavy atom. The summed E-state index contributed by atoms with van der Waals surface area (Å²) >= 11 is 0. The van der Waals surface area contributed by atoms with Gasteiger partial charge in [-0.2, -0.15) is 0 Å². The van der Waals surface area contributed by atoms with Gasteiger partial charge in [-0.1, -0.05) is 30.3 Å². The lowest BCUT2D eigenvalue weighted by Crippen LogP contribution is -2.14. The van der Waals surface area contributed by atoms with Crippen LogP contribution in [0.2, 0.25) is 0 Å². The maximum absolute atomic E-state index is 13.1. The fraction of sp³-hybridized carbons (Fsp3) is 0.182. The van der Waals surface area contributed by atoms with Gasteiger partial charge < -0.3 is 14.2 Å². The Bertz CT molecular complexity index is 1120. The van der Waals surface area contributed by atoms with Crippen LogP contribution in [0.3, 0.4) is 0 Å². The first-order valence-corrected chi connectivity index (χ1v) is 8.92. The highest BCUT2D eigenvalue weighted by atomic mass is 16.3. The van der Waals surface area contributed by atoms with E-state index in [9.17, 15) is 9.90 Å². The number of aromatic nitrogens is 3. The number of carbonyl (C=O) groups is 1. The van der Waals surface area contributed by atoms with Crippen LogP contribution >= 0.6 is 0 Å². The molecule has 5 nitrogen and oxygen atoms in total. The molecule has 136 valence electrons. The van der Waals surface area contributed by atoms with Crippen molar-refractivity contribution in [3.63, 3.8) is 0 Å². The third kappa shape index (κ3) is 2.96. The Kier molecular flexibility index (Phi) is 4.38. The summed E-state index contributed by atoms with van der Waals surface area (Å²) in [6.45, 7) is 3.91. The van der Waals surface area contributed by atoms with Gasteiger partial charge in [0.1, 0.15) is 12.4 Å². The van der Waals surface area contributed by atoms with Crippen molar-refractivity contribution < 1.29 is 9.90 Å². The minimum atomic E-state index is -0.203. The number of aliphatic hydroxyl groups is 1. The quantitative estimate of drug-likeness (QED) is 0.551. The highest BCUT2D eigenvalue weighted by molar-refractivity contribution is 5.98. The summed E-state index contributed by atoms with van der Waals surface area (Å²) in [5.41, 5.74) is 5.29. The van der Waals surface area contributed by atoms with Crippen LogP contribution in [-0.2, 0) is 13.2 Å². The van der Waals surface area contributed by atoms with E-state index in [1.54, 1.807) is 4.57 Å². The molecular weight excluding hydrogens is 338 g/mol. The smallest absolute Gasteiger partial charge is 0.184 e. The molecule has 0 fully saturated rings. The Labute approximate surface area is 157 Å². The van der Waals surface area contributed by atoms with Crippen LogP contribution in [0.15, 0.2) is 60.7 Å². The molecule has 0 atom stereocenters. The third-order valence-electron chi connectivity index (χ3n) is 4.92. The number of nitrogens with zero attached hydrogens (tertiary/aromatic N) is 3. The second-order valence-corrected chi connectivity index (χ2v) is 6.64. The normalized spacial score (nSPS) is 11.2. The highest BCUT2D eigenvalue weighted by Gasteiger charge is 2.19. The largest absolute Gasteiger partial charge is 0.388 e. The molecule has 0 radical (unpaired) electrons. The van der Waals surface area contributed by atoms with Crippen LogP contribution in [-0.4, -0.2) is 25.0 Å². The second kappa shape index (κ2) is 6.85. The van der Waals surface area contributed by atoms with Crippen molar-refractivity contribution in [1.29, 1.82) is 0 Å². The molecule has 0 aliphatic rings. The molecule has 0 aliphatic carbocycles. The molecule has 2 heterocycles. The Morgan fingerprint density at radius 1 is 1.04 bits per heavy atom. The number of aliphatic hydroxyl groups excluding tert-OH is 1. The molecule has 5 heteroatoms. The number of Topliss-reactive ketones (excluding diaryl/α,β-unsaturated/α-hetero) is 1. The zero-order chi connectivity index (χ0) is 19.0. The number of hydrogen-bond donors (Lipinski definition) is 1. The topological polar surface area (TPSA) is 60.1 Å². The van der Waals surface area contributed by atoms with E-state index in [1.165, 1.54) is 0 Å². The molecule has 0 bridgehead atoms. The standard InChI is InChI=1S/C22H21N3O2/c1-15-12-18(16(2)25(15)17-8-4-3-5-9-17)21(27)13-24-20-11-7-6-10-19(20)23-22(24)14-26/h3-12,26H,13-14H2,1-2H3. The van der Waals surface area contributed by atoms with Crippen LogP contribution in [0.1, 0.15) is 27.6 Å². The molecule has 0 aliphatic heterocycles. The fourth-order valence-electron chi connectivity index (χ4n) is 3.67. The molecule has 27 heavy (non-hydrogen) atoms. The minimum absolute atomic E-state index is 0.00290. The molecule has 4 rings (SSSR count). The number of hydrogen-bond acceptors (Lipinski definition) is 3. The van der Waals surface area contributed by atoms with Gasteiger partial charge in [0.2, 0.25) is 0 Å². The molecule has 0 unspecified atom stereocenters. The van der Waals surface area contributed by atoms with Crippen LogP contribution < -0.4 is 0 Å². The number of imidazole rings is 1. The van der Waals surface area contributed by atoms with Gasteiger partial charge in [-0.25, -0.2) is 4.98 Å². The van der Waals surface area contributed by atoms with Crippen LogP contribution in [0.25, 0.3) is 16.7 Å². The number of aryl methyl sites for hydroxylation is 1. The molecule has 1 N–H and O–H groups in total. The number of fused-ring (bicyclic) bond motifs is 1. The van der Waals surface area contributed by atoms with Gasteiger partial charge in [0.05, 0.1) is 17.6 Å². The lowest BCUT2D eigenvalue weighted by atomic mass is 10.1. The monoisotopic (exact) mass is 359 g/mol. The zero-order valence-electron chi connectivity index (χ0n) is 15.4. The lowest BCUT2D eigenvalue weighted by molar-refractivity contribution is 0.0970. The summed E-state index contributed by atoms with van der Waals surface area (Å²) in [6, 6.07) is 19.6.